The third-order valence-corrected chi connectivity index (χ3v) is 6.07. The highest BCUT2D eigenvalue weighted by Gasteiger charge is 2.24. The Labute approximate surface area is 155 Å². The Hall–Kier alpha value is -1.69. The molecule has 0 bridgehead atoms. The van der Waals surface area contributed by atoms with Crippen LogP contribution < -0.4 is 4.90 Å². The Morgan fingerprint density at radius 3 is 2.77 bits per heavy atom. The maximum atomic E-state index is 12.7. The van der Waals surface area contributed by atoms with Crippen molar-refractivity contribution < 1.29 is 9.53 Å². The van der Waals surface area contributed by atoms with Crippen LogP contribution in [0.25, 0.3) is 0 Å². The summed E-state index contributed by atoms with van der Waals surface area (Å²) in [5.41, 5.74) is 2.22. The Balaban J connectivity index is 1.35. The van der Waals surface area contributed by atoms with Crippen molar-refractivity contribution in [1.29, 1.82) is 0 Å². The van der Waals surface area contributed by atoms with Crippen LogP contribution in [0.5, 0.6) is 0 Å². The van der Waals surface area contributed by atoms with E-state index in [9.17, 15) is 4.79 Å². The zero-order valence-electron chi connectivity index (χ0n) is 15.7. The number of hydrogen-bond donors (Lipinski definition) is 0. The van der Waals surface area contributed by atoms with Gasteiger partial charge in [-0.15, -0.1) is 0 Å². The maximum Gasteiger partial charge on any atom is 0.225 e. The lowest BCUT2D eigenvalue weighted by molar-refractivity contribution is -0.132. The molecule has 0 radical (unpaired) electrons. The summed E-state index contributed by atoms with van der Waals surface area (Å²) in [5.74, 6) is 1.84. The van der Waals surface area contributed by atoms with E-state index in [1.165, 1.54) is 37.7 Å². The lowest BCUT2D eigenvalue weighted by atomic mass is 9.86. The molecular formula is C20H30N4O2. The number of nitrogens with zero attached hydrogens (tertiary/aromatic N) is 4. The van der Waals surface area contributed by atoms with E-state index in [4.69, 9.17) is 9.72 Å². The summed E-state index contributed by atoms with van der Waals surface area (Å²) >= 11 is 0. The van der Waals surface area contributed by atoms with Gasteiger partial charge in [-0.25, -0.2) is 9.97 Å². The molecule has 1 saturated carbocycles. The third-order valence-electron chi connectivity index (χ3n) is 6.07. The molecule has 3 heterocycles. The van der Waals surface area contributed by atoms with Gasteiger partial charge in [-0.05, 0) is 24.3 Å². The largest absolute Gasteiger partial charge is 0.378 e. The number of carbonyl (C=O) groups is 1. The fourth-order valence-electron chi connectivity index (χ4n) is 4.38. The molecule has 2 aliphatic heterocycles. The van der Waals surface area contributed by atoms with Gasteiger partial charge < -0.3 is 14.5 Å². The number of ether oxygens (including phenoxy) is 1. The first-order valence-corrected chi connectivity index (χ1v) is 10.2. The lowest BCUT2D eigenvalue weighted by Crippen LogP contribution is -2.39. The fourth-order valence-corrected chi connectivity index (χ4v) is 4.38. The van der Waals surface area contributed by atoms with Gasteiger partial charge in [0.15, 0.2) is 0 Å². The first-order chi connectivity index (χ1) is 12.8. The molecule has 0 atom stereocenters. The minimum absolute atomic E-state index is 0.299. The maximum absolute atomic E-state index is 12.7. The van der Waals surface area contributed by atoms with Gasteiger partial charge in [0.05, 0.1) is 25.5 Å². The van der Waals surface area contributed by atoms with E-state index in [1.807, 2.05) is 11.1 Å². The molecule has 1 amide bonds. The number of hydrogen-bond acceptors (Lipinski definition) is 5. The van der Waals surface area contributed by atoms with Gasteiger partial charge >= 0.3 is 0 Å². The van der Waals surface area contributed by atoms with Crippen molar-refractivity contribution in [2.24, 2.45) is 5.92 Å². The summed E-state index contributed by atoms with van der Waals surface area (Å²) in [6.45, 7) is 4.57. The first-order valence-electron chi connectivity index (χ1n) is 10.2. The molecular weight excluding hydrogens is 328 g/mol. The van der Waals surface area contributed by atoms with Crippen LogP contribution in [0, 0.1) is 5.92 Å². The first kappa shape index (κ1) is 17.7. The van der Waals surface area contributed by atoms with Crippen molar-refractivity contribution in [1.82, 2.24) is 14.9 Å². The van der Waals surface area contributed by atoms with Gasteiger partial charge in [0, 0.05) is 32.3 Å². The van der Waals surface area contributed by atoms with Crippen LogP contribution in [-0.2, 0) is 22.5 Å². The zero-order valence-corrected chi connectivity index (χ0v) is 15.7. The SMILES string of the molecule is O=C(CCC1CCCCC1)N1CCc2cnc(N3CCOCC3)nc2C1. The quantitative estimate of drug-likeness (QED) is 0.828. The number of aromatic nitrogens is 2. The van der Waals surface area contributed by atoms with Crippen LogP contribution in [0.1, 0.15) is 56.2 Å². The van der Waals surface area contributed by atoms with Crippen LogP contribution in [0.15, 0.2) is 6.20 Å². The molecule has 1 aromatic rings. The van der Waals surface area contributed by atoms with E-state index in [-0.39, 0.29) is 0 Å². The minimum atomic E-state index is 0.299. The molecule has 4 rings (SSSR count). The summed E-state index contributed by atoms with van der Waals surface area (Å²) in [7, 11) is 0. The number of anilines is 1. The average molecular weight is 358 g/mol. The topological polar surface area (TPSA) is 58.6 Å². The number of fused-ring (bicyclic) bond motifs is 1. The smallest absolute Gasteiger partial charge is 0.225 e. The molecule has 0 aromatic carbocycles. The molecule has 26 heavy (non-hydrogen) atoms. The zero-order chi connectivity index (χ0) is 17.8. The molecule has 6 heteroatoms. The molecule has 2 fully saturated rings. The molecule has 6 nitrogen and oxygen atoms in total. The minimum Gasteiger partial charge on any atom is -0.378 e. The van der Waals surface area contributed by atoms with Gasteiger partial charge in [0.2, 0.25) is 11.9 Å². The second-order valence-electron chi connectivity index (χ2n) is 7.85. The molecule has 1 aliphatic carbocycles. The Kier molecular flexibility index (Phi) is 5.68. The van der Waals surface area contributed by atoms with Crippen molar-refractivity contribution in [2.45, 2.75) is 57.9 Å². The van der Waals surface area contributed by atoms with Crippen molar-refractivity contribution >= 4 is 11.9 Å². The van der Waals surface area contributed by atoms with E-state index >= 15 is 0 Å². The molecule has 0 spiro atoms. The standard InChI is InChI=1S/C20H30N4O2/c25-19(7-6-16-4-2-1-3-5-16)24-9-8-17-14-21-20(22-18(17)15-24)23-10-12-26-13-11-23/h14,16H,1-13,15H2. The average Bonchev–Trinajstić information content (AvgIpc) is 2.72. The van der Waals surface area contributed by atoms with Crippen LogP contribution >= 0.6 is 0 Å². The fraction of sp³-hybridized carbons (Fsp3) is 0.750. The number of amides is 1. The van der Waals surface area contributed by atoms with Gasteiger partial charge in [-0.2, -0.15) is 0 Å². The van der Waals surface area contributed by atoms with Crippen LogP contribution in [0.3, 0.4) is 0 Å². The predicted molar refractivity (Wildman–Crippen MR) is 100.0 cm³/mol. The van der Waals surface area contributed by atoms with Crippen molar-refractivity contribution in [3.05, 3.63) is 17.5 Å². The Morgan fingerprint density at radius 2 is 1.96 bits per heavy atom. The predicted octanol–water partition coefficient (Wildman–Crippen LogP) is 2.56. The summed E-state index contributed by atoms with van der Waals surface area (Å²) in [5, 5.41) is 0. The molecule has 3 aliphatic rings. The number of carbonyl (C=O) groups excluding carboxylic acids is 1. The van der Waals surface area contributed by atoms with Gasteiger partial charge in [-0.1, -0.05) is 32.1 Å². The highest BCUT2D eigenvalue weighted by molar-refractivity contribution is 5.76. The van der Waals surface area contributed by atoms with E-state index in [2.05, 4.69) is 9.88 Å². The van der Waals surface area contributed by atoms with Crippen LogP contribution in [-0.4, -0.2) is 53.6 Å². The third kappa shape index (κ3) is 4.17. The normalized spacial score (nSPS) is 21.5. The highest BCUT2D eigenvalue weighted by atomic mass is 16.5. The lowest BCUT2D eigenvalue weighted by Gasteiger charge is -2.31. The molecule has 142 valence electrons. The summed E-state index contributed by atoms with van der Waals surface area (Å²) in [4.78, 5) is 26.2. The van der Waals surface area contributed by atoms with E-state index in [1.54, 1.807) is 0 Å². The van der Waals surface area contributed by atoms with E-state index in [0.717, 1.165) is 63.2 Å². The van der Waals surface area contributed by atoms with Gasteiger partial charge in [-0.3, -0.25) is 4.79 Å². The summed E-state index contributed by atoms with van der Waals surface area (Å²) < 4.78 is 5.41. The molecule has 1 aromatic heterocycles. The van der Waals surface area contributed by atoms with Crippen molar-refractivity contribution in [3.8, 4) is 0 Å². The second kappa shape index (κ2) is 8.33. The number of morpholine rings is 1. The monoisotopic (exact) mass is 358 g/mol. The molecule has 0 N–H and O–H groups in total. The van der Waals surface area contributed by atoms with E-state index in [0.29, 0.717) is 18.9 Å². The van der Waals surface area contributed by atoms with Crippen LogP contribution in [0.4, 0.5) is 5.95 Å². The molecule has 1 saturated heterocycles. The van der Waals surface area contributed by atoms with Gasteiger partial charge in [0.1, 0.15) is 0 Å². The van der Waals surface area contributed by atoms with Crippen molar-refractivity contribution in [3.63, 3.8) is 0 Å². The Morgan fingerprint density at radius 1 is 1.15 bits per heavy atom. The summed E-state index contributed by atoms with van der Waals surface area (Å²) in [6.07, 6.45) is 11.3. The second-order valence-corrected chi connectivity index (χ2v) is 7.85. The van der Waals surface area contributed by atoms with Gasteiger partial charge in [0.25, 0.3) is 0 Å². The van der Waals surface area contributed by atoms with Crippen LogP contribution in [0.2, 0.25) is 0 Å². The van der Waals surface area contributed by atoms with E-state index < -0.39 is 0 Å². The summed E-state index contributed by atoms with van der Waals surface area (Å²) in [6, 6.07) is 0. The molecule has 0 unspecified atom stereocenters. The number of rotatable bonds is 4. The van der Waals surface area contributed by atoms with Crippen molar-refractivity contribution in [2.75, 3.05) is 37.7 Å². The Bertz CT molecular complexity index is 624. The highest BCUT2D eigenvalue weighted by Crippen LogP contribution is 2.28.